The van der Waals surface area contributed by atoms with E-state index >= 15 is 0 Å². The summed E-state index contributed by atoms with van der Waals surface area (Å²) < 4.78 is 14.5. The van der Waals surface area contributed by atoms with Crippen LogP contribution >= 0.6 is 0 Å². The van der Waals surface area contributed by atoms with E-state index in [1.807, 2.05) is 0 Å². The molecule has 2 amide bonds. The van der Waals surface area contributed by atoms with Crippen LogP contribution in [0, 0.1) is 5.82 Å². The molecule has 0 radical (unpaired) electrons. The molecule has 7 heteroatoms. The van der Waals surface area contributed by atoms with Crippen molar-refractivity contribution in [3.63, 3.8) is 0 Å². The van der Waals surface area contributed by atoms with E-state index < -0.39 is 0 Å². The van der Waals surface area contributed by atoms with Gasteiger partial charge >= 0.3 is 0 Å². The molecule has 1 N–H and O–H groups in total. The maximum absolute atomic E-state index is 13.0. The van der Waals surface area contributed by atoms with Gasteiger partial charge in [0, 0.05) is 37.8 Å². The van der Waals surface area contributed by atoms with Crippen molar-refractivity contribution in [2.75, 3.05) is 13.1 Å². The molecule has 2 aromatic rings. The van der Waals surface area contributed by atoms with Gasteiger partial charge in [-0.25, -0.2) is 4.39 Å². The van der Waals surface area contributed by atoms with Crippen LogP contribution in [0.15, 0.2) is 36.5 Å². The van der Waals surface area contributed by atoms with Crippen molar-refractivity contribution >= 4 is 11.8 Å². The molecule has 2 heterocycles. The van der Waals surface area contributed by atoms with Gasteiger partial charge in [-0.15, -0.1) is 0 Å². The summed E-state index contributed by atoms with van der Waals surface area (Å²) in [7, 11) is 0. The van der Waals surface area contributed by atoms with Gasteiger partial charge in [0.2, 0.25) is 11.8 Å². The largest absolute Gasteiger partial charge is 0.352 e. The second kappa shape index (κ2) is 7.46. The Morgan fingerprint density at radius 1 is 1.20 bits per heavy atom. The Kier molecular flexibility index (Phi) is 5.11. The van der Waals surface area contributed by atoms with Crippen molar-refractivity contribution in [3.05, 3.63) is 42.3 Å². The van der Waals surface area contributed by atoms with E-state index in [4.69, 9.17) is 0 Å². The number of halogens is 1. The fourth-order valence-corrected chi connectivity index (χ4v) is 2.98. The predicted octanol–water partition coefficient (Wildman–Crippen LogP) is 1.82. The maximum atomic E-state index is 13.0. The first kappa shape index (κ1) is 17.1. The minimum Gasteiger partial charge on any atom is -0.352 e. The van der Waals surface area contributed by atoms with Crippen molar-refractivity contribution in [1.29, 1.82) is 0 Å². The number of likely N-dealkylation sites (tertiary alicyclic amines) is 1. The molecule has 1 aliphatic rings. The second-order valence-electron chi connectivity index (χ2n) is 6.25. The number of nitrogens with zero attached hydrogens (tertiary/aromatic N) is 3. The Morgan fingerprint density at radius 3 is 2.52 bits per heavy atom. The molecule has 6 nitrogen and oxygen atoms in total. The average Bonchev–Trinajstić information content (AvgIpc) is 3.04. The summed E-state index contributed by atoms with van der Waals surface area (Å²) in [5, 5.41) is 7.35. The quantitative estimate of drug-likeness (QED) is 0.920. The van der Waals surface area contributed by atoms with E-state index in [0.717, 1.165) is 18.4 Å². The topological polar surface area (TPSA) is 67.2 Å². The lowest BCUT2D eigenvalue weighted by atomic mass is 10.1. The van der Waals surface area contributed by atoms with E-state index in [1.165, 1.54) is 12.1 Å². The molecular weight excluding hydrogens is 323 g/mol. The van der Waals surface area contributed by atoms with Crippen LogP contribution in [0.4, 0.5) is 4.39 Å². The maximum Gasteiger partial charge on any atom is 0.241 e. The molecule has 0 atom stereocenters. The number of carbonyl (C=O) groups excluding carboxylic acids is 2. The standard InChI is InChI=1S/C18H21FN4O2/c1-13(24)22-9-6-16(7-10-22)20-18(25)12-23-11-8-17(21-23)14-2-4-15(19)5-3-14/h2-5,8,11,16H,6-7,9-10,12H2,1H3,(H,20,25). The van der Waals surface area contributed by atoms with E-state index in [2.05, 4.69) is 10.4 Å². The third-order valence-electron chi connectivity index (χ3n) is 4.39. The van der Waals surface area contributed by atoms with Crippen molar-refractivity contribution in [2.24, 2.45) is 0 Å². The minimum absolute atomic E-state index is 0.0784. The van der Waals surface area contributed by atoms with Crippen molar-refractivity contribution < 1.29 is 14.0 Å². The number of benzene rings is 1. The number of amides is 2. The number of piperidine rings is 1. The highest BCUT2D eigenvalue weighted by Gasteiger charge is 2.22. The molecule has 0 unspecified atom stereocenters. The minimum atomic E-state index is -0.293. The van der Waals surface area contributed by atoms with Gasteiger partial charge in [-0.1, -0.05) is 0 Å². The SMILES string of the molecule is CC(=O)N1CCC(NC(=O)Cn2ccc(-c3ccc(F)cc3)n2)CC1. The molecule has 3 rings (SSSR count). The average molecular weight is 344 g/mol. The highest BCUT2D eigenvalue weighted by atomic mass is 19.1. The van der Waals surface area contributed by atoms with Crippen LogP contribution in [-0.4, -0.2) is 45.6 Å². The van der Waals surface area contributed by atoms with E-state index in [0.29, 0.717) is 18.8 Å². The summed E-state index contributed by atoms with van der Waals surface area (Å²) in [5.74, 6) is -0.317. The number of carbonyl (C=O) groups is 2. The first-order chi connectivity index (χ1) is 12.0. The van der Waals surface area contributed by atoms with Crippen LogP contribution in [0.2, 0.25) is 0 Å². The molecule has 1 fully saturated rings. The predicted molar refractivity (Wildman–Crippen MR) is 91.0 cm³/mol. The van der Waals surface area contributed by atoms with E-state index in [1.54, 1.807) is 40.9 Å². The fraction of sp³-hybridized carbons (Fsp3) is 0.389. The van der Waals surface area contributed by atoms with Crippen molar-refractivity contribution in [3.8, 4) is 11.3 Å². The Hall–Kier alpha value is -2.70. The summed E-state index contributed by atoms with van der Waals surface area (Å²) >= 11 is 0. The summed E-state index contributed by atoms with van der Waals surface area (Å²) in [6.45, 7) is 3.05. The van der Waals surface area contributed by atoms with Crippen LogP contribution in [-0.2, 0) is 16.1 Å². The third kappa shape index (κ3) is 4.43. The summed E-state index contributed by atoms with van der Waals surface area (Å²) in [5.41, 5.74) is 1.50. The molecule has 0 saturated carbocycles. The number of rotatable bonds is 4. The van der Waals surface area contributed by atoms with Crippen molar-refractivity contribution in [2.45, 2.75) is 32.4 Å². The third-order valence-corrected chi connectivity index (χ3v) is 4.39. The van der Waals surface area contributed by atoms with Gasteiger partial charge in [-0.05, 0) is 43.2 Å². The van der Waals surface area contributed by atoms with Crippen LogP contribution in [0.25, 0.3) is 11.3 Å². The Morgan fingerprint density at radius 2 is 1.88 bits per heavy atom. The van der Waals surface area contributed by atoms with Crippen LogP contribution in [0.3, 0.4) is 0 Å². The second-order valence-corrected chi connectivity index (χ2v) is 6.25. The van der Waals surface area contributed by atoms with Crippen LogP contribution in [0.1, 0.15) is 19.8 Å². The molecular formula is C18H21FN4O2. The van der Waals surface area contributed by atoms with Crippen LogP contribution < -0.4 is 5.32 Å². The zero-order chi connectivity index (χ0) is 17.8. The fourth-order valence-electron chi connectivity index (χ4n) is 2.98. The molecule has 0 aliphatic carbocycles. The zero-order valence-corrected chi connectivity index (χ0v) is 14.1. The lowest BCUT2D eigenvalue weighted by molar-refractivity contribution is -0.130. The van der Waals surface area contributed by atoms with Gasteiger partial charge in [-0.2, -0.15) is 5.10 Å². The first-order valence-electron chi connectivity index (χ1n) is 8.35. The zero-order valence-electron chi connectivity index (χ0n) is 14.1. The molecule has 0 bridgehead atoms. The van der Waals surface area contributed by atoms with Gasteiger partial charge in [0.1, 0.15) is 12.4 Å². The Labute approximate surface area is 145 Å². The van der Waals surface area contributed by atoms with E-state index in [-0.39, 0.29) is 30.2 Å². The Bertz CT molecular complexity index is 749. The van der Waals surface area contributed by atoms with Gasteiger partial charge in [0.15, 0.2) is 0 Å². The number of nitrogens with one attached hydrogen (secondary N) is 1. The van der Waals surface area contributed by atoms with Crippen molar-refractivity contribution in [1.82, 2.24) is 20.0 Å². The smallest absolute Gasteiger partial charge is 0.241 e. The molecule has 1 aromatic carbocycles. The molecule has 25 heavy (non-hydrogen) atoms. The lowest BCUT2D eigenvalue weighted by Crippen LogP contribution is -2.46. The number of hydrogen-bond acceptors (Lipinski definition) is 3. The molecule has 1 aromatic heterocycles. The summed E-state index contributed by atoms with van der Waals surface area (Å²) in [4.78, 5) is 25.3. The number of aromatic nitrogens is 2. The highest BCUT2D eigenvalue weighted by Crippen LogP contribution is 2.17. The number of hydrogen-bond donors (Lipinski definition) is 1. The van der Waals surface area contributed by atoms with Gasteiger partial charge in [0.05, 0.1) is 5.69 Å². The van der Waals surface area contributed by atoms with Gasteiger partial charge in [-0.3, -0.25) is 14.3 Å². The van der Waals surface area contributed by atoms with E-state index in [9.17, 15) is 14.0 Å². The summed E-state index contributed by atoms with van der Waals surface area (Å²) in [6, 6.07) is 7.97. The molecule has 1 saturated heterocycles. The highest BCUT2D eigenvalue weighted by molar-refractivity contribution is 5.76. The normalized spacial score (nSPS) is 15.2. The Balaban J connectivity index is 1.52. The lowest BCUT2D eigenvalue weighted by Gasteiger charge is -2.31. The molecule has 0 spiro atoms. The van der Waals surface area contributed by atoms with Crippen LogP contribution in [0.5, 0.6) is 0 Å². The van der Waals surface area contributed by atoms with Gasteiger partial charge in [0.25, 0.3) is 0 Å². The van der Waals surface area contributed by atoms with Gasteiger partial charge < -0.3 is 10.2 Å². The molecule has 1 aliphatic heterocycles. The monoisotopic (exact) mass is 344 g/mol. The molecule has 132 valence electrons. The summed E-state index contributed by atoms with van der Waals surface area (Å²) in [6.07, 6.45) is 3.27. The first-order valence-corrected chi connectivity index (χ1v) is 8.35.